The Balaban J connectivity index is 2.19. The van der Waals surface area contributed by atoms with Gasteiger partial charge in [0.25, 0.3) is 0 Å². The molecule has 0 bridgehead atoms. The van der Waals surface area contributed by atoms with Gasteiger partial charge in [0.1, 0.15) is 0 Å². The molecule has 1 amide bonds. The lowest BCUT2D eigenvalue weighted by Gasteiger charge is -1.98. The van der Waals surface area contributed by atoms with E-state index in [1.165, 1.54) is 6.08 Å². The maximum Gasteiger partial charge on any atom is 0.243 e. The standard InChI is InChI=1S/C9H11NO2/c1-2-9(11)10-5-3-8-4-6-12-7-8/h2,4,6-7H,1,3,5H2,(H,10,11). The molecule has 0 unspecified atom stereocenters. The monoisotopic (exact) mass is 165 g/mol. The predicted molar refractivity (Wildman–Crippen MR) is 45.6 cm³/mol. The Morgan fingerprint density at radius 2 is 2.58 bits per heavy atom. The van der Waals surface area contributed by atoms with Crippen molar-refractivity contribution in [1.82, 2.24) is 5.32 Å². The fraction of sp³-hybridized carbons (Fsp3) is 0.222. The van der Waals surface area contributed by atoms with E-state index in [4.69, 9.17) is 4.42 Å². The van der Waals surface area contributed by atoms with Gasteiger partial charge in [0, 0.05) is 6.54 Å². The Morgan fingerprint density at radius 1 is 1.75 bits per heavy atom. The number of amides is 1. The number of furan rings is 1. The van der Waals surface area contributed by atoms with Crippen molar-refractivity contribution in [3.8, 4) is 0 Å². The largest absolute Gasteiger partial charge is 0.472 e. The molecule has 0 saturated heterocycles. The molecule has 0 radical (unpaired) electrons. The van der Waals surface area contributed by atoms with E-state index < -0.39 is 0 Å². The highest BCUT2D eigenvalue weighted by molar-refractivity contribution is 5.86. The Labute approximate surface area is 71.1 Å². The fourth-order valence-corrected chi connectivity index (χ4v) is 0.837. The summed E-state index contributed by atoms with van der Waals surface area (Å²) in [7, 11) is 0. The smallest absolute Gasteiger partial charge is 0.243 e. The van der Waals surface area contributed by atoms with Gasteiger partial charge >= 0.3 is 0 Å². The zero-order chi connectivity index (χ0) is 8.81. The summed E-state index contributed by atoms with van der Waals surface area (Å²) in [6.45, 7) is 3.96. The summed E-state index contributed by atoms with van der Waals surface area (Å²) in [6.07, 6.45) is 5.33. The molecule has 0 aliphatic carbocycles. The summed E-state index contributed by atoms with van der Waals surface area (Å²) >= 11 is 0. The van der Waals surface area contributed by atoms with E-state index in [2.05, 4.69) is 11.9 Å². The van der Waals surface area contributed by atoms with Gasteiger partial charge in [-0.05, 0) is 24.1 Å². The highest BCUT2D eigenvalue weighted by Gasteiger charge is 1.95. The van der Waals surface area contributed by atoms with Crippen LogP contribution >= 0.6 is 0 Å². The van der Waals surface area contributed by atoms with Crippen LogP contribution in [0.15, 0.2) is 35.7 Å². The minimum atomic E-state index is -0.140. The van der Waals surface area contributed by atoms with Crippen LogP contribution in [0.25, 0.3) is 0 Å². The second-order valence-corrected chi connectivity index (χ2v) is 2.38. The lowest BCUT2D eigenvalue weighted by Crippen LogP contribution is -2.23. The average Bonchev–Trinajstić information content (AvgIpc) is 2.57. The fourth-order valence-electron chi connectivity index (χ4n) is 0.837. The van der Waals surface area contributed by atoms with Crippen LogP contribution in [0.2, 0.25) is 0 Å². The molecule has 1 N–H and O–H groups in total. The Bertz CT molecular complexity index is 252. The van der Waals surface area contributed by atoms with Crippen molar-refractivity contribution >= 4 is 5.91 Å². The van der Waals surface area contributed by atoms with E-state index in [1.807, 2.05) is 6.07 Å². The maximum absolute atomic E-state index is 10.7. The zero-order valence-corrected chi connectivity index (χ0v) is 6.75. The van der Waals surface area contributed by atoms with Crippen molar-refractivity contribution in [2.45, 2.75) is 6.42 Å². The third-order valence-electron chi connectivity index (χ3n) is 1.48. The molecule has 0 atom stereocenters. The minimum Gasteiger partial charge on any atom is -0.472 e. The minimum absolute atomic E-state index is 0.140. The summed E-state index contributed by atoms with van der Waals surface area (Å²) in [5, 5.41) is 2.67. The van der Waals surface area contributed by atoms with Crippen LogP contribution in [0.3, 0.4) is 0 Å². The van der Waals surface area contributed by atoms with E-state index in [-0.39, 0.29) is 5.91 Å². The molecule has 0 saturated carbocycles. The number of rotatable bonds is 4. The van der Waals surface area contributed by atoms with E-state index in [9.17, 15) is 4.79 Å². The van der Waals surface area contributed by atoms with Gasteiger partial charge in [0.15, 0.2) is 0 Å². The molecule has 1 aromatic heterocycles. The third kappa shape index (κ3) is 2.62. The number of carbonyl (C=O) groups excluding carboxylic acids is 1. The molecule has 0 aliphatic heterocycles. The first kappa shape index (κ1) is 8.59. The molecule has 12 heavy (non-hydrogen) atoms. The van der Waals surface area contributed by atoms with Crippen LogP contribution in [-0.4, -0.2) is 12.5 Å². The van der Waals surface area contributed by atoms with Gasteiger partial charge in [0.2, 0.25) is 5.91 Å². The predicted octanol–water partition coefficient (Wildman–Crippen LogP) is 1.12. The van der Waals surface area contributed by atoms with Crippen LogP contribution in [0.5, 0.6) is 0 Å². The molecule has 0 spiro atoms. The SMILES string of the molecule is C=CC(=O)NCCc1ccoc1. The van der Waals surface area contributed by atoms with Crippen LogP contribution in [0, 0.1) is 0 Å². The normalized spacial score (nSPS) is 9.33. The summed E-state index contributed by atoms with van der Waals surface area (Å²) in [5.41, 5.74) is 1.08. The quantitative estimate of drug-likeness (QED) is 0.679. The molecule has 0 aliphatic rings. The van der Waals surface area contributed by atoms with Crippen LogP contribution in [0.1, 0.15) is 5.56 Å². The van der Waals surface area contributed by atoms with Crippen molar-refractivity contribution < 1.29 is 9.21 Å². The summed E-state index contributed by atoms with van der Waals surface area (Å²) < 4.78 is 4.87. The van der Waals surface area contributed by atoms with Crippen molar-refractivity contribution in [3.05, 3.63) is 36.8 Å². The van der Waals surface area contributed by atoms with Gasteiger partial charge in [-0.1, -0.05) is 6.58 Å². The molecule has 3 nitrogen and oxygen atoms in total. The van der Waals surface area contributed by atoms with Crippen molar-refractivity contribution in [2.75, 3.05) is 6.54 Å². The van der Waals surface area contributed by atoms with E-state index in [0.717, 1.165) is 12.0 Å². The lowest BCUT2D eigenvalue weighted by atomic mass is 10.2. The van der Waals surface area contributed by atoms with Gasteiger partial charge in [0.05, 0.1) is 12.5 Å². The van der Waals surface area contributed by atoms with Gasteiger partial charge in [-0.15, -0.1) is 0 Å². The number of hydrogen-bond donors (Lipinski definition) is 1. The first-order valence-corrected chi connectivity index (χ1v) is 3.74. The zero-order valence-electron chi connectivity index (χ0n) is 6.75. The first-order valence-electron chi connectivity index (χ1n) is 3.74. The lowest BCUT2D eigenvalue weighted by molar-refractivity contribution is -0.116. The molecule has 0 fully saturated rings. The van der Waals surface area contributed by atoms with Crippen molar-refractivity contribution in [3.63, 3.8) is 0 Å². The molecular formula is C9H11NO2. The molecule has 1 heterocycles. The number of carbonyl (C=O) groups is 1. The molecule has 1 aromatic rings. The summed E-state index contributed by atoms with van der Waals surface area (Å²) in [4.78, 5) is 10.7. The first-order chi connectivity index (χ1) is 5.83. The second kappa shape index (κ2) is 4.38. The topological polar surface area (TPSA) is 42.2 Å². The Kier molecular flexibility index (Phi) is 3.14. The maximum atomic E-state index is 10.7. The van der Waals surface area contributed by atoms with Crippen molar-refractivity contribution in [2.24, 2.45) is 0 Å². The summed E-state index contributed by atoms with van der Waals surface area (Å²) in [6, 6.07) is 1.88. The molecule has 1 rings (SSSR count). The summed E-state index contributed by atoms with van der Waals surface area (Å²) in [5.74, 6) is -0.140. The highest BCUT2D eigenvalue weighted by atomic mass is 16.3. The highest BCUT2D eigenvalue weighted by Crippen LogP contribution is 1.99. The third-order valence-corrected chi connectivity index (χ3v) is 1.48. The van der Waals surface area contributed by atoms with Crippen molar-refractivity contribution in [1.29, 1.82) is 0 Å². The van der Waals surface area contributed by atoms with Gasteiger partial charge in [-0.2, -0.15) is 0 Å². The average molecular weight is 165 g/mol. The van der Waals surface area contributed by atoms with Crippen LogP contribution < -0.4 is 5.32 Å². The van der Waals surface area contributed by atoms with Crippen LogP contribution in [-0.2, 0) is 11.2 Å². The number of nitrogens with one attached hydrogen (secondary N) is 1. The molecule has 64 valence electrons. The van der Waals surface area contributed by atoms with E-state index >= 15 is 0 Å². The van der Waals surface area contributed by atoms with Gasteiger partial charge < -0.3 is 9.73 Å². The van der Waals surface area contributed by atoms with E-state index in [1.54, 1.807) is 12.5 Å². The molecular weight excluding hydrogens is 154 g/mol. The van der Waals surface area contributed by atoms with Gasteiger partial charge in [-0.3, -0.25) is 4.79 Å². The van der Waals surface area contributed by atoms with E-state index in [0.29, 0.717) is 6.54 Å². The Morgan fingerprint density at radius 3 is 3.17 bits per heavy atom. The molecule has 0 aromatic carbocycles. The van der Waals surface area contributed by atoms with Crippen LogP contribution in [0.4, 0.5) is 0 Å². The number of hydrogen-bond acceptors (Lipinski definition) is 2. The molecule has 3 heteroatoms. The Hall–Kier alpha value is -1.51. The second-order valence-electron chi connectivity index (χ2n) is 2.38. The van der Waals surface area contributed by atoms with Gasteiger partial charge in [-0.25, -0.2) is 0 Å².